The van der Waals surface area contributed by atoms with Crippen molar-refractivity contribution in [2.24, 2.45) is 0 Å². The monoisotopic (exact) mass is 1270 g/mol. The lowest BCUT2D eigenvalue weighted by Crippen LogP contribution is -2.60. The van der Waals surface area contributed by atoms with Crippen LogP contribution in [0.25, 0.3) is 72.0 Å². The fourth-order valence-electron chi connectivity index (χ4n) is 14.6. The third-order valence-corrected chi connectivity index (χ3v) is 20.6. The molecular formula is C92H104BN3. The Kier molecular flexibility index (Phi) is 14.2. The number of benzene rings is 10. The van der Waals surface area contributed by atoms with Gasteiger partial charge in [0.15, 0.2) is 0 Å². The summed E-state index contributed by atoms with van der Waals surface area (Å²) in [7, 11) is 0. The van der Waals surface area contributed by atoms with E-state index in [2.05, 4.69) is 333 Å². The highest BCUT2D eigenvalue weighted by Gasteiger charge is 2.44. The number of rotatable bonds is 6. The lowest BCUT2D eigenvalue weighted by Gasteiger charge is -2.43. The van der Waals surface area contributed by atoms with Crippen LogP contribution in [-0.2, 0) is 43.3 Å². The Morgan fingerprint density at radius 3 is 1.32 bits per heavy atom. The van der Waals surface area contributed by atoms with Gasteiger partial charge in [0, 0.05) is 50.3 Å². The molecule has 1 aromatic heterocycles. The van der Waals surface area contributed by atoms with Crippen molar-refractivity contribution < 1.29 is 6.85 Å². The van der Waals surface area contributed by atoms with Crippen LogP contribution < -0.4 is 26.6 Å². The molecule has 11 aromatic rings. The van der Waals surface area contributed by atoms with Gasteiger partial charge in [-0.25, -0.2) is 0 Å². The maximum absolute atomic E-state index is 9.66. The number of hydrogen-bond donors (Lipinski definition) is 1. The van der Waals surface area contributed by atoms with E-state index in [0.717, 1.165) is 94.9 Å². The van der Waals surface area contributed by atoms with Gasteiger partial charge in [-0.15, -0.1) is 0 Å². The third kappa shape index (κ3) is 12.0. The Labute approximate surface area is 583 Å². The smallest absolute Gasteiger partial charge is 0.252 e. The van der Waals surface area contributed by atoms with Gasteiger partial charge in [0.1, 0.15) is 0 Å². The fourth-order valence-corrected chi connectivity index (χ4v) is 14.6. The number of fused-ring (bicyclic) bond motifs is 7. The van der Waals surface area contributed by atoms with Gasteiger partial charge in [-0.1, -0.05) is 287 Å². The molecule has 0 aliphatic carbocycles. The number of aromatic nitrogens is 1. The van der Waals surface area contributed by atoms with Crippen molar-refractivity contribution >= 4 is 73.3 Å². The zero-order valence-corrected chi connectivity index (χ0v) is 62.0. The average Bonchev–Trinajstić information content (AvgIpc) is 0.904. The van der Waals surface area contributed by atoms with Crippen molar-refractivity contribution in [1.82, 2.24) is 4.57 Å². The van der Waals surface area contributed by atoms with Crippen LogP contribution in [0.3, 0.4) is 0 Å². The van der Waals surface area contributed by atoms with E-state index in [1.165, 1.54) is 55.3 Å². The van der Waals surface area contributed by atoms with Gasteiger partial charge < -0.3 is 14.8 Å². The van der Waals surface area contributed by atoms with E-state index in [-0.39, 0.29) is 79.8 Å². The SMILES string of the molecule is [2H]c1c([2H])c([2H])c(-c2ccc3c(c2)N(c2c(-c4cc(C(C)(C)C)cc(C(C)(C)C)c4)cc(C(C)(C)C)cc2-c2ccccc2C(C)(C)C)c2cc(-c4cc(C(C)(C)C)cc(C(C)(C)C)c4)cc4c2B3c2ccc(-n3c5ccc(C(C)(C)C)cc5c5cc(C(C)(C)C)ccc53)cc2N4)c([2H])c1[2H]. The molecule has 0 atom stereocenters. The highest BCUT2D eigenvalue weighted by molar-refractivity contribution is 7.00. The lowest BCUT2D eigenvalue weighted by molar-refractivity contribution is 0.568. The summed E-state index contributed by atoms with van der Waals surface area (Å²) >= 11 is 0. The zero-order chi connectivity index (χ0) is 73.5. The molecule has 0 spiro atoms. The van der Waals surface area contributed by atoms with Crippen LogP contribution in [0.4, 0.5) is 28.4 Å². The zero-order valence-electron chi connectivity index (χ0n) is 67.0. The summed E-state index contributed by atoms with van der Waals surface area (Å²) < 4.78 is 48.9. The van der Waals surface area contributed by atoms with E-state index in [0.29, 0.717) is 5.56 Å². The maximum atomic E-state index is 9.66. The first kappa shape index (κ1) is 60.1. The largest absolute Gasteiger partial charge is 0.356 e. The van der Waals surface area contributed by atoms with E-state index in [1.54, 1.807) is 0 Å². The quantitative estimate of drug-likeness (QED) is 0.167. The minimum Gasteiger partial charge on any atom is -0.356 e. The molecule has 0 radical (unpaired) electrons. The van der Waals surface area contributed by atoms with Gasteiger partial charge in [-0.05, 0) is 204 Å². The van der Waals surface area contributed by atoms with Crippen LogP contribution in [-0.4, -0.2) is 11.3 Å². The predicted octanol–water partition coefficient (Wildman–Crippen LogP) is 24.2. The average molecular weight is 1270 g/mol. The topological polar surface area (TPSA) is 20.2 Å². The van der Waals surface area contributed by atoms with Crippen molar-refractivity contribution in [2.45, 2.75) is 209 Å². The van der Waals surface area contributed by atoms with E-state index in [1.807, 2.05) is 6.07 Å². The van der Waals surface area contributed by atoms with Crippen LogP contribution in [0.5, 0.6) is 0 Å². The maximum Gasteiger partial charge on any atom is 0.252 e. The van der Waals surface area contributed by atoms with Gasteiger partial charge in [-0.2, -0.15) is 0 Å². The number of nitrogens with one attached hydrogen (secondary N) is 1. The molecule has 96 heavy (non-hydrogen) atoms. The molecule has 13 rings (SSSR count). The molecule has 0 saturated heterocycles. The van der Waals surface area contributed by atoms with Crippen LogP contribution >= 0.6 is 0 Å². The Morgan fingerprint density at radius 2 is 0.802 bits per heavy atom. The Morgan fingerprint density at radius 1 is 0.333 bits per heavy atom. The summed E-state index contributed by atoms with van der Waals surface area (Å²) in [5.41, 5.74) is 27.2. The van der Waals surface area contributed by atoms with E-state index in [9.17, 15) is 2.74 Å². The molecule has 1 N–H and O–H groups in total. The van der Waals surface area contributed by atoms with Gasteiger partial charge in [0.05, 0.1) is 23.6 Å². The van der Waals surface area contributed by atoms with Crippen LogP contribution in [0.15, 0.2) is 188 Å². The van der Waals surface area contributed by atoms with E-state index >= 15 is 0 Å². The molecule has 0 saturated carbocycles. The number of nitrogens with zero attached hydrogens (tertiary/aromatic N) is 2. The second-order valence-corrected chi connectivity index (χ2v) is 36.3. The molecular weight excluding hydrogens is 1160 g/mol. The molecule has 3 nitrogen and oxygen atoms in total. The van der Waals surface area contributed by atoms with Crippen molar-refractivity contribution in [3.8, 4) is 50.2 Å². The summed E-state index contributed by atoms with van der Waals surface area (Å²) in [5, 5.41) is 6.71. The van der Waals surface area contributed by atoms with Crippen molar-refractivity contribution in [1.29, 1.82) is 0 Å². The molecule has 4 heteroatoms. The molecule has 2 aliphatic heterocycles. The van der Waals surface area contributed by atoms with Crippen molar-refractivity contribution in [2.75, 3.05) is 10.2 Å². The minimum absolute atomic E-state index is 0.0577. The second-order valence-electron chi connectivity index (χ2n) is 36.3. The first-order valence-electron chi connectivity index (χ1n) is 37.5. The molecule has 0 bridgehead atoms. The molecule has 2 aliphatic rings. The summed E-state index contributed by atoms with van der Waals surface area (Å²) in [5.74, 6) is 0. The summed E-state index contributed by atoms with van der Waals surface area (Å²) in [6, 6.07) is 59.1. The standard InChI is InChI=1S/C92H104BN3/c1-85(2,3)61-35-40-79-71(51-61)72-52-62(86(4,5)6)36-41-80(72)95(79)68-37-39-75-77(55-68)94-78-46-59(58-42-63(87(7,8)9)49-64(43-58)88(10,11)12)48-82-83(78)93(75)76-38-34-57(56-30-26-25-27-31-56)47-81(76)96(82)84-70(60-44-65(89(13,14)15)50-66(45-60)90(16,17)18)53-67(91(19,20)21)54-73(84)69-32-28-29-33-74(69)92(22,23)24/h25-55,94H,1-24H3/i25D,26D,27D,30D,31D. The molecule has 0 amide bonds. The Hall–Kier alpha value is -8.34. The minimum atomic E-state index is -0.420. The Bertz CT molecular complexity index is 5070. The summed E-state index contributed by atoms with van der Waals surface area (Å²) in [6.07, 6.45) is 0. The predicted molar refractivity (Wildman–Crippen MR) is 421 cm³/mol. The molecule has 0 unspecified atom stereocenters. The number of anilines is 5. The first-order chi connectivity index (χ1) is 46.7. The van der Waals surface area contributed by atoms with E-state index in [4.69, 9.17) is 4.11 Å². The van der Waals surface area contributed by atoms with E-state index < -0.39 is 6.04 Å². The van der Waals surface area contributed by atoms with Crippen LogP contribution in [0.2, 0.25) is 0 Å². The highest BCUT2D eigenvalue weighted by Crippen LogP contribution is 2.54. The first-order valence-corrected chi connectivity index (χ1v) is 35.0. The van der Waals surface area contributed by atoms with Gasteiger partial charge in [-0.3, -0.25) is 0 Å². The normalized spacial score (nSPS) is 14.6. The second kappa shape index (κ2) is 22.6. The lowest BCUT2D eigenvalue weighted by atomic mass is 9.33. The molecule has 490 valence electrons. The fraction of sp³-hybridized carbons (Fsp3) is 0.348. The Balaban J connectivity index is 1.22. The van der Waals surface area contributed by atoms with Crippen LogP contribution in [0.1, 0.15) is 218 Å². The van der Waals surface area contributed by atoms with Crippen molar-refractivity contribution in [3.05, 3.63) is 232 Å². The van der Waals surface area contributed by atoms with Gasteiger partial charge >= 0.3 is 0 Å². The van der Waals surface area contributed by atoms with Gasteiger partial charge in [0.2, 0.25) is 0 Å². The molecule has 0 fully saturated rings. The highest BCUT2D eigenvalue weighted by atomic mass is 15.2. The summed E-state index contributed by atoms with van der Waals surface area (Å²) in [6.45, 7) is 55.1. The van der Waals surface area contributed by atoms with Gasteiger partial charge in [0.25, 0.3) is 6.71 Å². The molecule has 10 aromatic carbocycles. The van der Waals surface area contributed by atoms with Crippen molar-refractivity contribution in [3.63, 3.8) is 0 Å². The molecule has 3 heterocycles. The summed E-state index contributed by atoms with van der Waals surface area (Å²) in [4.78, 5) is 2.54. The third-order valence-electron chi connectivity index (χ3n) is 20.6. The number of hydrogen-bond acceptors (Lipinski definition) is 2. The van der Waals surface area contributed by atoms with Crippen LogP contribution in [0, 0.1) is 0 Å².